The molecule has 0 heterocycles. The van der Waals surface area contributed by atoms with Crippen molar-refractivity contribution >= 4 is 11.8 Å². The number of halogens is 4. The van der Waals surface area contributed by atoms with Crippen LogP contribution in [0.5, 0.6) is 0 Å². The lowest BCUT2D eigenvalue weighted by atomic mass is 10.4. The third-order valence-electron chi connectivity index (χ3n) is 1.00. The Hall–Kier alpha value is -0.710. The van der Waals surface area contributed by atoms with Gasteiger partial charge < -0.3 is 0 Å². The highest BCUT2D eigenvalue weighted by molar-refractivity contribution is 8.00. The summed E-state index contributed by atoms with van der Waals surface area (Å²) in [5.41, 5.74) is -4.45. The summed E-state index contributed by atoms with van der Waals surface area (Å²) in [5.74, 6) is -0.879. The van der Waals surface area contributed by atoms with Crippen molar-refractivity contribution in [3.63, 3.8) is 0 Å². The average Bonchev–Trinajstić information content (AvgIpc) is 1.91. The first-order valence-corrected chi connectivity index (χ1v) is 3.72. The zero-order valence-corrected chi connectivity index (χ0v) is 6.47. The Morgan fingerprint density at radius 1 is 1.33 bits per heavy atom. The predicted molar refractivity (Wildman–Crippen MR) is 37.1 cm³/mol. The molecule has 0 aliphatic carbocycles. The lowest BCUT2D eigenvalue weighted by Gasteiger charge is -2.04. The minimum absolute atomic E-state index is 0.454. The van der Waals surface area contributed by atoms with Crippen LogP contribution in [-0.4, -0.2) is 5.51 Å². The molecule has 0 amide bonds. The van der Waals surface area contributed by atoms with Gasteiger partial charge in [-0.1, -0.05) is 6.07 Å². The van der Waals surface area contributed by atoms with Crippen LogP contribution < -0.4 is 0 Å². The Morgan fingerprint density at radius 2 is 2.00 bits per heavy atom. The third kappa shape index (κ3) is 2.73. The van der Waals surface area contributed by atoms with Crippen molar-refractivity contribution in [3.8, 4) is 0 Å². The fraction of sp³-hybridized carbons (Fsp3) is 0.143. The van der Waals surface area contributed by atoms with E-state index in [0.717, 1.165) is 12.1 Å². The Bertz CT molecular complexity index is 268. The summed E-state index contributed by atoms with van der Waals surface area (Å²) >= 11 is -0.479. The van der Waals surface area contributed by atoms with E-state index in [1.54, 1.807) is 0 Å². The van der Waals surface area contributed by atoms with Gasteiger partial charge in [0.1, 0.15) is 5.82 Å². The van der Waals surface area contributed by atoms with E-state index < -0.39 is 28.0 Å². The second-order valence-corrected chi connectivity index (χ2v) is 3.01. The van der Waals surface area contributed by atoms with Crippen LogP contribution in [0, 0.1) is 11.9 Å². The van der Waals surface area contributed by atoms with Crippen LogP contribution >= 0.6 is 11.8 Å². The SMILES string of the molecule is Fc1cc[c]cc1SC(F)(F)F. The largest absolute Gasteiger partial charge is 0.446 e. The van der Waals surface area contributed by atoms with E-state index in [9.17, 15) is 17.6 Å². The third-order valence-corrected chi connectivity index (χ3v) is 1.77. The first kappa shape index (κ1) is 9.38. The molecule has 0 aliphatic heterocycles. The number of hydrogen-bond acceptors (Lipinski definition) is 1. The summed E-state index contributed by atoms with van der Waals surface area (Å²) in [6, 6.07) is 5.49. The molecule has 12 heavy (non-hydrogen) atoms. The van der Waals surface area contributed by atoms with Crippen molar-refractivity contribution in [3.05, 3.63) is 30.1 Å². The van der Waals surface area contributed by atoms with Gasteiger partial charge in [0.15, 0.2) is 0 Å². The summed E-state index contributed by atoms with van der Waals surface area (Å²) in [5, 5.41) is 0. The highest BCUT2D eigenvalue weighted by Crippen LogP contribution is 2.37. The predicted octanol–water partition coefficient (Wildman–Crippen LogP) is 3.24. The second-order valence-electron chi connectivity index (χ2n) is 1.90. The van der Waals surface area contributed by atoms with E-state index >= 15 is 0 Å². The zero-order valence-electron chi connectivity index (χ0n) is 5.65. The first-order valence-electron chi connectivity index (χ1n) is 2.90. The number of rotatable bonds is 1. The van der Waals surface area contributed by atoms with E-state index in [1.165, 1.54) is 6.07 Å². The lowest BCUT2D eigenvalue weighted by molar-refractivity contribution is -0.0329. The van der Waals surface area contributed by atoms with Gasteiger partial charge in [-0.3, -0.25) is 0 Å². The molecular weight excluding hydrogens is 192 g/mol. The highest BCUT2D eigenvalue weighted by Gasteiger charge is 2.30. The molecule has 0 fully saturated rings. The maximum atomic E-state index is 12.6. The quantitative estimate of drug-likeness (QED) is 0.489. The van der Waals surface area contributed by atoms with Gasteiger partial charge in [0.2, 0.25) is 0 Å². The molecule has 1 aromatic rings. The van der Waals surface area contributed by atoms with Crippen LogP contribution in [0.4, 0.5) is 17.6 Å². The molecule has 1 radical (unpaired) electrons. The smallest absolute Gasteiger partial charge is 0.206 e. The molecule has 5 heteroatoms. The first-order chi connectivity index (χ1) is 5.49. The molecule has 0 bridgehead atoms. The van der Waals surface area contributed by atoms with Gasteiger partial charge in [-0.2, -0.15) is 13.2 Å². The molecule has 0 spiro atoms. The van der Waals surface area contributed by atoms with Crippen LogP contribution in [0.3, 0.4) is 0 Å². The van der Waals surface area contributed by atoms with Crippen molar-refractivity contribution in [2.24, 2.45) is 0 Å². The summed E-state index contributed by atoms with van der Waals surface area (Å²) < 4.78 is 47.7. The van der Waals surface area contributed by atoms with Gasteiger partial charge in [-0.15, -0.1) is 0 Å². The molecule has 0 aromatic heterocycles. The second kappa shape index (κ2) is 3.35. The number of alkyl halides is 3. The molecular formula is C7H3F4S. The van der Waals surface area contributed by atoms with Crippen LogP contribution in [0.25, 0.3) is 0 Å². The topological polar surface area (TPSA) is 0 Å². The molecule has 0 aliphatic rings. The Labute approximate surface area is 70.6 Å². The molecule has 1 rings (SSSR count). The molecule has 0 saturated carbocycles. The van der Waals surface area contributed by atoms with Gasteiger partial charge in [0.05, 0.1) is 4.90 Å². The molecule has 65 valence electrons. The summed E-state index contributed by atoms with van der Waals surface area (Å²) in [6.45, 7) is 0. The monoisotopic (exact) mass is 195 g/mol. The maximum absolute atomic E-state index is 12.6. The molecule has 0 atom stereocenters. The van der Waals surface area contributed by atoms with E-state index in [1.807, 2.05) is 0 Å². The molecule has 0 N–H and O–H groups in total. The van der Waals surface area contributed by atoms with Crippen LogP contribution in [0.1, 0.15) is 0 Å². The Kier molecular flexibility index (Phi) is 2.62. The van der Waals surface area contributed by atoms with E-state index in [2.05, 4.69) is 6.07 Å². The van der Waals surface area contributed by atoms with Gasteiger partial charge in [0, 0.05) is 0 Å². The van der Waals surface area contributed by atoms with Gasteiger partial charge in [0.25, 0.3) is 0 Å². The molecule has 0 unspecified atom stereocenters. The van der Waals surface area contributed by atoms with Crippen molar-refractivity contribution in [1.29, 1.82) is 0 Å². The number of hydrogen-bond donors (Lipinski definition) is 0. The van der Waals surface area contributed by atoms with Crippen molar-refractivity contribution in [2.45, 2.75) is 10.4 Å². The molecule has 0 saturated heterocycles. The van der Waals surface area contributed by atoms with Crippen LogP contribution in [-0.2, 0) is 0 Å². The average molecular weight is 195 g/mol. The van der Waals surface area contributed by atoms with Gasteiger partial charge in [-0.05, 0) is 30.0 Å². The maximum Gasteiger partial charge on any atom is 0.446 e. The standard InChI is InChI=1S/C7H3F4S/c8-5-3-1-2-4-6(5)12-7(9,10)11/h1,3-4H. The van der Waals surface area contributed by atoms with E-state index in [4.69, 9.17) is 0 Å². The van der Waals surface area contributed by atoms with Gasteiger partial charge in [-0.25, -0.2) is 4.39 Å². The van der Waals surface area contributed by atoms with Crippen LogP contribution in [0.2, 0.25) is 0 Å². The van der Waals surface area contributed by atoms with E-state index in [-0.39, 0.29) is 0 Å². The fourth-order valence-electron chi connectivity index (χ4n) is 0.599. The number of benzene rings is 1. The molecule has 0 nitrogen and oxygen atoms in total. The molecule has 1 aromatic carbocycles. The minimum Gasteiger partial charge on any atom is -0.206 e. The van der Waals surface area contributed by atoms with Crippen LogP contribution in [0.15, 0.2) is 23.1 Å². The van der Waals surface area contributed by atoms with Crippen molar-refractivity contribution in [1.82, 2.24) is 0 Å². The Balaban J connectivity index is 2.83. The van der Waals surface area contributed by atoms with E-state index in [0.29, 0.717) is 0 Å². The van der Waals surface area contributed by atoms with Gasteiger partial charge >= 0.3 is 5.51 Å². The normalized spacial score (nSPS) is 11.7. The lowest BCUT2D eigenvalue weighted by Crippen LogP contribution is -1.99. The Morgan fingerprint density at radius 3 is 2.50 bits per heavy atom. The summed E-state index contributed by atoms with van der Waals surface area (Å²) in [7, 11) is 0. The summed E-state index contributed by atoms with van der Waals surface area (Å²) in [4.78, 5) is -0.454. The zero-order chi connectivity index (χ0) is 9.19. The highest BCUT2D eigenvalue weighted by atomic mass is 32.2. The van der Waals surface area contributed by atoms with Crippen molar-refractivity contribution in [2.75, 3.05) is 0 Å². The number of thioether (sulfide) groups is 1. The minimum atomic E-state index is -4.45. The van der Waals surface area contributed by atoms with Crippen molar-refractivity contribution < 1.29 is 17.6 Å². The fourth-order valence-corrected chi connectivity index (χ4v) is 1.14. The summed E-state index contributed by atoms with van der Waals surface area (Å²) in [6.07, 6.45) is 0.